The van der Waals surface area contributed by atoms with Gasteiger partial charge in [-0.3, -0.25) is 0 Å². The summed E-state index contributed by atoms with van der Waals surface area (Å²) in [6.07, 6.45) is 10.1. The number of benzene rings is 8. The molecule has 1 saturated carbocycles. The summed E-state index contributed by atoms with van der Waals surface area (Å²) < 4.78 is 2.66. The number of nitrogens with zero attached hydrogens (tertiary/aromatic N) is 1. The SMILES string of the molecule is CC1CC2=C(C=C1c1ccc(N(c3ccc(-c4cccc5sc6ccccc6c45)cc3)c3ccccc3-c3cccc4cccc(C5CCCCC5)c34)cc1)C(C)(C)c1ccccc12. The minimum absolute atomic E-state index is 0.00948. The quantitative estimate of drug-likeness (QED) is 0.154. The Balaban J connectivity index is 0.998. The zero-order chi connectivity index (χ0) is 42.9. The molecule has 0 amide bonds. The van der Waals surface area contributed by atoms with Gasteiger partial charge < -0.3 is 4.90 Å². The summed E-state index contributed by atoms with van der Waals surface area (Å²) in [5, 5.41) is 5.41. The van der Waals surface area contributed by atoms with Crippen molar-refractivity contribution in [3.63, 3.8) is 0 Å². The summed E-state index contributed by atoms with van der Waals surface area (Å²) in [6.45, 7) is 7.21. The summed E-state index contributed by atoms with van der Waals surface area (Å²) in [5.74, 6) is 1.02. The van der Waals surface area contributed by atoms with Gasteiger partial charge in [0.2, 0.25) is 0 Å². The van der Waals surface area contributed by atoms with E-state index in [1.807, 2.05) is 11.3 Å². The highest BCUT2D eigenvalue weighted by Gasteiger charge is 2.39. The molecule has 1 unspecified atom stereocenters. The average molecular weight is 844 g/mol. The van der Waals surface area contributed by atoms with Crippen LogP contribution < -0.4 is 4.90 Å². The first-order valence-electron chi connectivity index (χ1n) is 23.5. The Morgan fingerprint density at radius 2 is 1.16 bits per heavy atom. The smallest absolute Gasteiger partial charge is 0.0540 e. The number of fused-ring (bicyclic) bond motifs is 6. The van der Waals surface area contributed by atoms with E-state index >= 15 is 0 Å². The zero-order valence-corrected chi connectivity index (χ0v) is 37.9. The van der Waals surface area contributed by atoms with Crippen molar-refractivity contribution in [1.29, 1.82) is 0 Å². The fraction of sp³-hybridized carbons (Fsp3) is 0.194. The number of anilines is 3. The number of hydrogen-bond acceptors (Lipinski definition) is 2. The summed E-state index contributed by atoms with van der Waals surface area (Å²) in [4.78, 5) is 2.50. The Labute approximate surface area is 382 Å². The number of thiophene rings is 1. The Bertz CT molecular complexity index is 3310. The van der Waals surface area contributed by atoms with Crippen molar-refractivity contribution in [3.05, 3.63) is 210 Å². The molecule has 1 aromatic heterocycles. The van der Waals surface area contributed by atoms with Crippen LogP contribution in [0.3, 0.4) is 0 Å². The molecule has 64 heavy (non-hydrogen) atoms. The highest BCUT2D eigenvalue weighted by Crippen LogP contribution is 2.54. The molecule has 3 aliphatic carbocycles. The van der Waals surface area contributed by atoms with Gasteiger partial charge in [0.05, 0.1) is 5.69 Å². The van der Waals surface area contributed by atoms with Crippen molar-refractivity contribution in [3.8, 4) is 22.3 Å². The number of rotatable bonds is 7. The van der Waals surface area contributed by atoms with Gasteiger partial charge in [-0.25, -0.2) is 0 Å². The Kier molecular flexibility index (Phi) is 9.57. The second kappa shape index (κ2) is 15.6. The van der Waals surface area contributed by atoms with E-state index in [-0.39, 0.29) is 5.41 Å². The fourth-order valence-electron chi connectivity index (χ4n) is 11.8. The van der Waals surface area contributed by atoms with E-state index in [1.54, 1.807) is 0 Å². The lowest BCUT2D eigenvalue weighted by Crippen LogP contribution is -2.18. The molecular formula is C62H53NS. The maximum atomic E-state index is 2.53. The van der Waals surface area contributed by atoms with E-state index in [2.05, 4.69) is 208 Å². The van der Waals surface area contributed by atoms with Crippen LogP contribution in [0.1, 0.15) is 87.5 Å². The van der Waals surface area contributed by atoms with Crippen LogP contribution in [0.4, 0.5) is 17.1 Å². The van der Waals surface area contributed by atoms with E-state index in [0.29, 0.717) is 11.8 Å². The van der Waals surface area contributed by atoms with E-state index in [9.17, 15) is 0 Å². The Morgan fingerprint density at radius 3 is 1.95 bits per heavy atom. The molecule has 1 heterocycles. The summed E-state index contributed by atoms with van der Waals surface area (Å²) in [7, 11) is 0. The first-order chi connectivity index (χ1) is 31.4. The van der Waals surface area contributed by atoms with Crippen molar-refractivity contribution < 1.29 is 0 Å². The topological polar surface area (TPSA) is 3.24 Å². The van der Waals surface area contributed by atoms with Crippen LogP contribution in [-0.4, -0.2) is 0 Å². The largest absolute Gasteiger partial charge is 0.310 e. The van der Waals surface area contributed by atoms with Crippen LogP contribution in [0.25, 0.3) is 64.3 Å². The van der Waals surface area contributed by atoms with Crippen molar-refractivity contribution in [2.45, 2.75) is 70.6 Å². The molecule has 8 aromatic carbocycles. The van der Waals surface area contributed by atoms with Gasteiger partial charge in [-0.2, -0.15) is 0 Å². The number of hydrogen-bond donors (Lipinski definition) is 0. The van der Waals surface area contributed by atoms with Crippen LogP contribution in [0.5, 0.6) is 0 Å². The molecule has 1 nitrogen and oxygen atoms in total. The van der Waals surface area contributed by atoms with Gasteiger partial charge in [-0.15, -0.1) is 11.3 Å². The van der Waals surface area contributed by atoms with E-state index in [0.717, 1.165) is 17.8 Å². The molecule has 0 radical (unpaired) electrons. The predicted molar refractivity (Wildman–Crippen MR) is 276 cm³/mol. The molecule has 3 aliphatic rings. The molecule has 312 valence electrons. The second-order valence-electron chi connectivity index (χ2n) is 19.1. The highest BCUT2D eigenvalue weighted by atomic mass is 32.1. The Morgan fingerprint density at radius 1 is 0.531 bits per heavy atom. The van der Waals surface area contributed by atoms with Gasteiger partial charge in [0.1, 0.15) is 0 Å². The van der Waals surface area contributed by atoms with Crippen LogP contribution in [0, 0.1) is 5.92 Å². The minimum Gasteiger partial charge on any atom is -0.310 e. The van der Waals surface area contributed by atoms with E-state index < -0.39 is 0 Å². The molecule has 0 N–H and O–H groups in total. The summed E-state index contributed by atoms with van der Waals surface area (Å²) in [6, 6.07) is 66.5. The van der Waals surface area contributed by atoms with Crippen molar-refractivity contribution in [1.82, 2.24) is 0 Å². The molecule has 1 fully saturated rings. The highest BCUT2D eigenvalue weighted by molar-refractivity contribution is 7.25. The number of allylic oxidation sites excluding steroid dienone is 4. The van der Waals surface area contributed by atoms with E-state index in [4.69, 9.17) is 0 Å². The molecule has 1 atom stereocenters. The van der Waals surface area contributed by atoms with Gasteiger partial charge in [0, 0.05) is 42.5 Å². The van der Waals surface area contributed by atoms with E-state index in [1.165, 1.54) is 130 Å². The van der Waals surface area contributed by atoms with Gasteiger partial charge >= 0.3 is 0 Å². The summed E-state index contributed by atoms with van der Waals surface area (Å²) in [5.41, 5.74) is 18.7. The normalized spacial score (nSPS) is 17.2. The average Bonchev–Trinajstić information content (AvgIpc) is 3.83. The molecular weight excluding hydrogens is 791 g/mol. The third-order valence-corrected chi connectivity index (χ3v) is 16.1. The molecule has 0 spiro atoms. The van der Waals surface area contributed by atoms with Crippen LogP contribution in [0.15, 0.2) is 188 Å². The zero-order valence-electron chi connectivity index (χ0n) is 37.1. The first kappa shape index (κ1) is 39.1. The maximum Gasteiger partial charge on any atom is 0.0540 e. The third-order valence-electron chi connectivity index (χ3n) is 15.0. The number of para-hydroxylation sites is 1. The second-order valence-corrected chi connectivity index (χ2v) is 20.2. The van der Waals surface area contributed by atoms with Crippen LogP contribution in [0.2, 0.25) is 0 Å². The van der Waals surface area contributed by atoms with Gasteiger partial charge in [0.15, 0.2) is 0 Å². The first-order valence-corrected chi connectivity index (χ1v) is 24.3. The van der Waals surface area contributed by atoms with Crippen molar-refractivity contribution >= 4 is 70.5 Å². The van der Waals surface area contributed by atoms with Crippen molar-refractivity contribution in [2.75, 3.05) is 4.90 Å². The lowest BCUT2D eigenvalue weighted by atomic mass is 9.75. The molecule has 12 rings (SSSR count). The fourth-order valence-corrected chi connectivity index (χ4v) is 12.9. The molecule has 2 heteroatoms. The van der Waals surface area contributed by atoms with Crippen LogP contribution >= 0.6 is 11.3 Å². The van der Waals surface area contributed by atoms with Crippen LogP contribution in [-0.2, 0) is 5.41 Å². The monoisotopic (exact) mass is 843 g/mol. The molecule has 9 aromatic rings. The maximum absolute atomic E-state index is 2.53. The third kappa shape index (κ3) is 6.40. The summed E-state index contributed by atoms with van der Waals surface area (Å²) >= 11 is 1.88. The van der Waals surface area contributed by atoms with Gasteiger partial charge in [-0.1, -0.05) is 180 Å². The predicted octanol–water partition coefficient (Wildman–Crippen LogP) is 18.2. The molecule has 0 aliphatic heterocycles. The lowest BCUT2D eigenvalue weighted by Gasteiger charge is -2.30. The standard InChI is InChI=1S/C62H53NS/c1-40-38-54-49-20-7-10-26-55(49)62(2,3)56(54)39-53(40)43-32-36-46(37-33-43)63(45-34-30-42(31-35-45)48-24-15-29-59-61(48)52-22-9-12-28-58(52)64-59)57-27-11-8-21-50(57)51-25-14-19-44-18-13-23-47(60(44)51)41-16-5-4-6-17-41/h7-15,18-37,39-41H,4-6,16-17,38H2,1-3H3. The molecule has 0 saturated heterocycles. The van der Waals surface area contributed by atoms with Crippen molar-refractivity contribution in [2.24, 2.45) is 5.92 Å². The van der Waals surface area contributed by atoms with Gasteiger partial charge in [0.25, 0.3) is 0 Å². The minimum atomic E-state index is -0.00948. The van der Waals surface area contributed by atoms with Gasteiger partial charge in [-0.05, 0) is 140 Å². The molecule has 0 bridgehead atoms. The Hall–Kier alpha value is -6.48. The lowest BCUT2D eigenvalue weighted by molar-refractivity contribution is 0.445.